The molecule has 0 radical (unpaired) electrons. The van der Waals surface area contributed by atoms with Gasteiger partial charge in [-0.05, 0) is 32.8 Å². The van der Waals surface area contributed by atoms with Crippen LogP contribution in [-0.2, 0) is 7.05 Å². The summed E-state index contributed by atoms with van der Waals surface area (Å²) in [4.78, 5) is 41.3. The van der Waals surface area contributed by atoms with Crippen molar-refractivity contribution < 1.29 is 13.6 Å². The fraction of sp³-hybridized carbons (Fsp3) is 0.417. The molecule has 0 atom stereocenters. The Morgan fingerprint density at radius 1 is 1.19 bits per heavy atom. The fourth-order valence-corrected chi connectivity index (χ4v) is 2.40. The summed E-state index contributed by atoms with van der Waals surface area (Å²) >= 11 is 0. The lowest BCUT2D eigenvalue weighted by Gasteiger charge is -2.14. The Kier molecular flexibility index (Phi) is 17.0. The van der Waals surface area contributed by atoms with E-state index in [2.05, 4.69) is 9.98 Å². The minimum Gasteiger partial charge on any atom is -0.293 e. The molecular weight excluding hydrogens is 416 g/mol. The molecule has 0 saturated heterocycles. The van der Waals surface area contributed by atoms with Crippen LogP contribution >= 0.6 is 0 Å². The van der Waals surface area contributed by atoms with Crippen LogP contribution in [0.25, 0.3) is 0 Å². The van der Waals surface area contributed by atoms with Crippen LogP contribution in [-0.4, -0.2) is 28.6 Å². The number of aromatic nitrogens is 2. The summed E-state index contributed by atoms with van der Waals surface area (Å²) in [6, 6.07) is 7.10. The molecule has 1 heterocycles. The monoisotopic (exact) mass is 451 g/mol. The largest absolute Gasteiger partial charge is 0.328 e. The number of aliphatic imine (C=N–C) groups is 1. The minimum absolute atomic E-state index is 0.0694. The maximum Gasteiger partial charge on any atom is 0.328 e. The van der Waals surface area contributed by atoms with Crippen molar-refractivity contribution in [3.8, 4) is 0 Å². The molecule has 6 nitrogen and oxygen atoms in total. The summed E-state index contributed by atoms with van der Waals surface area (Å²) in [6.07, 6.45) is 4.00. The standard InChI is InChI=1S/C16H18N2O3.C4H8.C2H3F2N.C2H6/c1-9(2)12-13(18(4)16(21)17-15(12)20)14(19)11-7-5-6-10(3)8-11;1-3-4-2;3-1-5-2-4;1-2/h5-9H,1-4H3,(H,17,20,21);3-4H,1-2H3;1H,2H2;1-2H3/b;4-3-;5-1+;. The third-order valence-corrected chi connectivity index (χ3v) is 3.90. The second-order valence-corrected chi connectivity index (χ2v) is 6.50. The van der Waals surface area contributed by atoms with Gasteiger partial charge >= 0.3 is 5.69 Å². The lowest BCUT2D eigenvalue weighted by molar-refractivity contribution is 0.102. The first-order valence-corrected chi connectivity index (χ1v) is 10.3. The molecule has 1 N–H and O–H groups in total. The number of rotatable bonds is 4. The second-order valence-electron chi connectivity index (χ2n) is 6.50. The molecule has 0 bridgehead atoms. The highest BCUT2D eigenvalue weighted by Crippen LogP contribution is 2.18. The first kappa shape index (κ1) is 31.0. The number of nitrogens with zero attached hydrogens (tertiary/aromatic N) is 2. The summed E-state index contributed by atoms with van der Waals surface area (Å²) in [5.41, 5.74) is 0.830. The van der Waals surface area contributed by atoms with Gasteiger partial charge in [-0.2, -0.15) is 4.39 Å². The normalized spacial score (nSPS) is 10.1. The van der Waals surface area contributed by atoms with Gasteiger partial charge in [-0.15, -0.1) is 0 Å². The zero-order chi connectivity index (χ0) is 25.3. The smallest absolute Gasteiger partial charge is 0.293 e. The van der Waals surface area contributed by atoms with Gasteiger partial charge < -0.3 is 0 Å². The van der Waals surface area contributed by atoms with Crippen LogP contribution in [0, 0.1) is 6.92 Å². The third kappa shape index (κ3) is 10.2. The molecule has 0 aliphatic rings. The molecule has 32 heavy (non-hydrogen) atoms. The van der Waals surface area contributed by atoms with Crippen molar-refractivity contribution in [3.63, 3.8) is 0 Å². The van der Waals surface area contributed by atoms with E-state index in [0.29, 0.717) is 11.1 Å². The van der Waals surface area contributed by atoms with Crippen molar-refractivity contribution in [3.05, 3.63) is 79.6 Å². The average Bonchev–Trinajstić information content (AvgIpc) is 2.77. The minimum atomic E-state index is -0.962. The molecule has 0 amide bonds. The molecule has 0 aliphatic carbocycles. The molecule has 1 aromatic carbocycles. The van der Waals surface area contributed by atoms with Crippen LogP contribution in [0.15, 0.2) is 51.0 Å². The molecule has 178 valence electrons. The van der Waals surface area contributed by atoms with E-state index >= 15 is 0 Å². The van der Waals surface area contributed by atoms with Crippen molar-refractivity contribution in [2.45, 2.75) is 54.4 Å². The summed E-state index contributed by atoms with van der Waals surface area (Å²) in [5, 5.41) is 0. The fourth-order valence-electron chi connectivity index (χ4n) is 2.40. The van der Waals surface area contributed by atoms with Gasteiger partial charge in [0.25, 0.3) is 5.56 Å². The number of carbonyl (C=O) groups excluding carboxylic acids is 1. The van der Waals surface area contributed by atoms with Crippen LogP contribution in [0.3, 0.4) is 0 Å². The Morgan fingerprint density at radius 3 is 2.12 bits per heavy atom. The van der Waals surface area contributed by atoms with E-state index in [0.717, 1.165) is 5.56 Å². The van der Waals surface area contributed by atoms with E-state index < -0.39 is 18.0 Å². The second kappa shape index (κ2) is 17.5. The number of hydrogen-bond donors (Lipinski definition) is 1. The van der Waals surface area contributed by atoms with Crippen molar-refractivity contribution in [1.82, 2.24) is 9.55 Å². The number of halogens is 2. The van der Waals surface area contributed by atoms with E-state index in [-0.39, 0.29) is 23.9 Å². The highest BCUT2D eigenvalue weighted by atomic mass is 19.1. The topological polar surface area (TPSA) is 84.3 Å². The van der Waals surface area contributed by atoms with Gasteiger partial charge in [0.1, 0.15) is 5.69 Å². The Morgan fingerprint density at radius 2 is 1.75 bits per heavy atom. The number of H-pyrrole nitrogens is 1. The van der Waals surface area contributed by atoms with Crippen LogP contribution in [0.5, 0.6) is 0 Å². The van der Waals surface area contributed by atoms with Crippen molar-refractivity contribution >= 4 is 12.3 Å². The summed E-state index contributed by atoms with van der Waals surface area (Å²) in [5.74, 6) is -0.475. The van der Waals surface area contributed by atoms with E-state index in [1.807, 2.05) is 66.7 Å². The number of allylic oxidation sites excluding steroid dienone is 2. The Bertz CT molecular complexity index is 987. The molecule has 2 aromatic rings. The maximum absolute atomic E-state index is 12.7. The zero-order valence-corrected chi connectivity index (χ0v) is 20.2. The first-order valence-electron chi connectivity index (χ1n) is 10.3. The number of aromatic amines is 1. The highest BCUT2D eigenvalue weighted by Gasteiger charge is 2.22. The lowest BCUT2D eigenvalue weighted by atomic mass is 9.96. The number of benzene rings is 1. The summed E-state index contributed by atoms with van der Waals surface area (Å²) < 4.78 is 22.2. The maximum atomic E-state index is 12.7. The van der Waals surface area contributed by atoms with E-state index in [9.17, 15) is 23.2 Å². The van der Waals surface area contributed by atoms with Gasteiger partial charge in [0.05, 0.1) is 0 Å². The SMILES string of the molecule is C/C=C\C.CC.Cc1cccc(C(=O)c2c(C(C)C)c(=O)[nH]c(=O)n2C)c1.F/C=N/CF. The van der Waals surface area contributed by atoms with E-state index in [4.69, 9.17) is 0 Å². The Balaban J connectivity index is 0. The summed E-state index contributed by atoms with van der Waals surface area (Å²) in [7, 11) is 1.49. The van der Waals surface area contributed by atoms with Gasteiger partial charge in [-0.25, -0.2) is 14.2 Å². The van der Waals surface area contributed by atoms with Gasteiger partial charge in [-0.3, -0.25) is 19.1 Å². The molecular formula is C24H35F2N3O3. The van der Waals surface area contributed by atoms with Crippen molar-refractivity contribution in [2.24, 2.45) is 12.0 Å². The molecule has 8 heteroatoms. The highest BCUT2D eigenvalue weighted by molar-refractivity contribution is 6.08. The molecule has 0 saturated carbocycles. The Labute approximate surface area is 188 Å². The predicted octanol–water partition coefficient (Wildman–Crippen LogP) is 5.26. The molecule has 0 aliphatic heterocycles. The zero-order valence-electron chi connectivity index (χ0n) is 20.2. The van der Waals surface area contributed by atoms with Gasteiger partial charge in [0.15, 0.2) is 13.3 Å². The predicted molar refractivity (Wildman–Crippen MR) is 128 cm³/mol. The molecule has 0 spiro atoms. The first-order chi connectivity index (χ1) is 15.2. The van der Waals surface area contributed by atoms with Gasteiger partial charge in [0, 0.05) is 18.2 Å². The third-order valence-electron chi connectivity index (χ3n) is 3.90. The number of nitrogens with one attached hydrogen (secondary N) is 1. The van der Waals surface area contributed by atoms with Crippen molar-refractivity contribution in [2.75, 3.05) is 6.80 Å². The number of aryl methyl sites for hydroxylation is 1. The van der Waals surface area contributed by atoms with Gasteiger partial charge in [0.2, 0.25) is 5.78 Å². The van der Waals surface area contributed by atoms with Crippen LogP contribution in [0.1, 0.15) is 74.6 Å². The average molecular weight is 452 g/mol. The number of carbonyl (C=O) groups is 1. The van der Waals surface area contributed by atoms with Crippen LogP contribution in [0.4, 0.5) is 8.78 Å². The van der Waals surface area contributed by atoms with E-state index in [1.165, 1.54) is 11.6 Å². The quantitative estimate of drug-likeness (QED) is 0.298. The molecule has 2 rings (SSSR count). The molecule has 0 fully saturated rings. The van der Waals surface area contributed by atoms with Crippen LogP contribution < -0.4 is 11.2 Å². The number of alkyl halides is 1. The van der Waals surface area contributed by atoms with E-state index in [1.54, 1.807) is 18.2 Å². The molecule has 0 unspecified atom stereocenters. The Hall–Kier alpha value is -3.16. The number of hydrogen-bond acceptors (Lipinski definition) is 4. The van der Waals surface area contributed by atoms with Crippen LogP contribution in [0.2, 0.25) is 0 Å². The number of ketones is 1. The lowest BCUT2D eigenvalue weighted by Crippen LogP contribution is -2.36. The van der Waals surface area contributed by atoms with Crippen molar-refractivity contribution in [1.29, 1.82) is 0 Å². The molecule has 1 aromatic heterocycles. The summed E-state index contributed by atoms with van der Waals surface area (Å²) in [6.45, 7) is 12.5. The van der Waals surface area contributed by atoms with Gasteiger partial charge in [-0.1, -0.05) is 63.6 Å².